The van der Waals surface area contributed by atoms with Crippen LogP contribution in [0.25, 0.3) is 0 Å². The molecule has 58 valence electrons. The quantitative estimate of drug-likeness (QED) is 0.544. The first-order chi connectivity index (χ1) is 5.20. The summed E-state index contributed by atoms with van der Waals surface area (Å²) in [6.45, 7) is 0. The molecule has 0 radical (unpaired) electrons. The van der Waals surface area contributed by atoms with E-state index in [0.29, 0.717) is 0 Å². The number of rotatable bonds is 1. The number of carboxylic acids is 1. The maximum Gasteiger partial charge on any atom is 0.394 e. The summed E-state index contributed by atoms with van der Waals surface area (Å²) < 4.78 is 4.55. The summed E-state index contributed by atoms with van der Waals surface area (Å²) in [7, 11) is 0. The van der Waals surface area contributed by atoms with Crippen molar-refractivity contribution in [2.45, 2.75) is 0 Å². The molecule has 1 amide bonds. The van der Waals surface area contributed by atoms with Crippen LogP contribution in [0.4, 0.5) is 6.01 Å². The molecular weight excluding hydrogens is 152 g/mol. The van der Waals surface area contributed by atoms with E-state index in [4.69, 9.17) is 5.11 Å². The topological polar surface area (TPSA) is 92.4 Å². The van der Waals surface area contributed by atoms with Gasteiger partial charge in [0.1, 0.15) is 6.26 Å². The Kier molecular flexibility index (Phi) is 1.86. The smallest absolute Gasteiger partial charge is 0.394 e. The highest BCUT2D eigenvalue weighted by molar-refractivity contribution is 6.36. The molecule has 0 aliphatic rings. The second kappa shape index (κ2) is 2.82. The zero-order chi connectivity index (χ0) is 8.27. The van der Waals surface area contributed by atoms with Gasteiger partial charge in [0.2, 0.25) is 0 Å². The number of nitrogens with zero attached hydrogens (tertiary/aromatic N) is 1. The average molecular weight is 156 g/mol. The van der Waals surface area contributed by atoms with Crippen LogP contribution in [0.1, 0.15) is 0 Å². The third-order valence-corrected chi connectivity index (χ3v) is 0.847. The lowest BCUT2D eigenvalue weighted by atomic mass is 10.6. The molecule has 1 heterocycles. The Morgan fingerprint density at radius 3 is 2.82 bits per heavy atom. The van der Waals surface area contributed by atoms with E-state index in [9.17, 15) is 9.59 Å². The van der Waals surface area contributed by atoms with Gasteiger partial charge in [-0.2, -0.15) is 0 Å². The zero-order valence-electron chi connectivity index (χ0n) is 5.27. The first-order valence-electron chi connectivity index (χ1n) is 2.64. The minimum Gasteiger partial charge on any atom is -0.474 e. The van der Waals surface area contributed by atoms with Crippen molar-refractivity contribution in [2.75, 3.05) is 5.32 Å². The maximum absolute atomic E-state index is 10.4. The van der Waals surface area contributed by atoms with Crippen molar-refractivity contribution < 1.29 is 19.1 Å². The Hall–Kier alpha value is -1.85. The second-order valence-electron chi connectivity index (χ2n) is 1.60. The lowest BCUT2D eigenvalue weighted by Gasteiger charge is -1.92. The van der Waals surface area contributed by atoms with E-state index in [1.54, 1.807) is 0 Å². The van der Waals surface area contributed by atoms with Crippen molar-refractivity contribution in [3.63, 3.8) is 0 Å². The molecule has 11 heavy (non-hydrogen) atoms. The van der Waals surface area contributed by atoms with E-state index in [1.165, 1.54) is 12.5 Å². The fourth-order valence-electron chi connectivity index (χ4n) is 0.436. The number of amides is 1. The van der Waals surface area contributed by atoms with Gasteiger partial charge in [0.05, 0.1) is 6.20 Å². The molecule has 0 aromatic carbocycles. The highest BCUT2D eigenvalue weighted by Crippen LogP contribution is 1.99. The largest absolute Gasteiger partial charge is 0.474 e. The van der Waals surface area contributed by atoms with Crippen molar-refractivity contribution in [3.8, 4) is 0 Å². The predicted molar refractivity (Wildman–Crippen MR) is 32.8 cm³/mol. The number of carboxylic acid groups (broad SMARTS) is 1. The summed E-state index contributed by atoms with van der Waals surface area (Å²) >= 11 is 0. The predicted octanol–water partition coefficient (Wildman–Crippen LogP) is -0.302. The Bertz CT molecular complexity index is 266. The Balaban J connectivity index is 2.57. The van der Waals surface area contributed by atoms with Crippen LogP contribution in [-0.2, 0) is 9.59 Å². The van der Waals surface area contributed by atoms with Gasteiger partial charge in [-0.3, -0.25) is 10.1 Å². The number of hydrogen-bond acceptors (Lipinski definition) is 4. The molecule has 1 rings (SSSR count). The molecule has 0 aliphatic carbocycles. The standard InChI is InChI=1S/C5H4N2O4/c8-3(4(9)10)7-5-6-1-2-11-5/h1-2H,(H,9,10)(H,6,7,8). The van der Waals surface area contributed by atoms with E-state index in [1.807, 2.05) is 5.32 Å². The molecule has 0 saturated carbocycles. The van der Waals surface area contributed by atoms with Gasteiger partial charge in [-0.05, 0) is 0 Å². The van der Waals surface area contributed by atoms with Crippen LogP contribution in [0.3, 0.4) is 0 Å². The van der Waals surface area contributed by atoms with E-state index in [0.717, 1.165) is 0 Å². The third kappa shape index (κ3) is 1.78. The zero-order valence-corrected chi connectivity index (χ0v) is 5.27. The van der Waals surface area contributed by atoms with Crippen LogP contribution >= 0.6 is 0 Å². The number of carbonyl (C=O) groups excluding carboxylic acids is 1. The number of oxazole rings is 1. The summed E-state index contributed by atoms with van der Waals surface area (Å²) in [6, 6.07) is -0.127. The molecule has 6 nitrogen and oxygen atoms in total. The Labute approximate surface area is 60.8 Å². The number of aliphatic carboxylic acids is 1. The molecule has 0 unspecified atom stereocenters. The van der Waals surface area contributed by atoms with Crippen LogP contribution in [-0.4, -0.2) is 22.0 Å². The summed E-state index contributed by atoms with van der Waals surface area (Å²) in [5.74, 6) is -2.75. The number of hydrogen-bond donors (Lipinski definition) is 2. The first-order valence-corrected chi connectivity index (χ1v) is 2.64. The molecule has 0 bridgehead atoms. The van der Waals surface area contributed by atoms with Gasteiger partial charge < -0.3 is 9.52 Å². The van der Waals surface area contributed by atoms with Crippen molar-refractivity contribution in [3.05, 3.63) is 12.5 Å². The molecule has 1 aromatic rings. The van der Waals surface area contributed by atoms with Gasteiger partial charge in [0.25, 0.3) is 0 Å². The number of anilines is 1. The summed E-state index contributed by atoms with van der Waals surface area (Å²) in [6.07, 6.45) is 2.51. The van der Waals surface area contributed by atoms with Crippen molar-refractivity contribution in [1.29, 1.82) is 0 Å². The molecule has 2 N–H and O–H groups in total. The van der Waals surface area contributed by atoms with Crippen molar-refractivity contribution >= 4 is 17.9 Å². The number of aromatic nitrogens is 1. The van der Waals surface area contributed by atoms with Gasteiger partial charge in [-0.15, -0.1) is 0 Å². The van der Waals surface area contributed by atoms with Crippen LogP contribution in [0, 0.1) is 0 Å². The van der Waals surface area contributed by atoms with E-state index in [2.05, 4.69) is 9.40 Å². The lowest BCUT2D eigenvalue weighted by molar-refractivity contribution is -0.147. The molecule has 0 spiro atoms. The third-order valence-electron chi connectivity index (χ3n) is 0.847. The highest BCUT2D eigenvalue weighted by atomic mass is 16.4. The highest BCUT2D eigenvalue weighted by Gasteiger charge is 2.12. The van der Waals surface area contributed by atoms with Crippen LogP contribution in [0.15, 0.2) is 16.9 Å². The number of carbonyl (C=O) groups is 2. The monoisotopic (exact) mass is 156 g/mol. The fourth-order valence-corrected chi connectivity index (χ4v) is 0.436. The Morgan fingerprint density at radius 1 is 1.64 bits per heavy atom. The van der Waals surface area contributed by atoms with Crippen molar-refractivity contribution in [1.82, 2.24) is 4.98 Å². The summed E-state index contributed by atoms with van der Waals surface area (Å²) in [5.41, 5.74) is 0. The van der Waals surface area contributed by atoms with Gasteiger partial charge in [0, 0.05) is 0 Å². The van der Waals surface area contributed by atoms with Crippen LogP contribution < -0.4 is 5.32 Å². The number of nitrogens with one attached hydrogen (secondary N) is 1. The molecule has 0 atom stereocenters. The lowest BCUT2D eigenvalue weighted by Crippen LogP contribution is -2.21. The molecule has 1 aromatic heterocycles. The van der Waals surface area contributed by atoms with Gasteiger partial charge >= 0.3 is 17.9 Å². The van der Waals surface area contributed by atoms with E-state index >= 15 is 0 Å². The minimum absolute atomic E-state index is 0.127. The molecule has 0 saturated heterocycles. The molecule has 0 fully saturated rings. The SMILES string of the molecule is O=C(O)C(=O)Nc1ncco1. The molecule has 0 aliphatic heterocycles. The van der Waals surface area contributed by atoms with E-state index < -0.39 is 11.9 Å². The Morgan fingerprint density at radius 2 is 2.36 bits per heavy atom. The molecular formula is C5H4N2O4. The van der Waals surface area contributed by atoms with Gasteiger partial charge in [0.15, 0.2) is 0 Å². The minimum atomic E-state index is -1.58. The summed E-state index contributed by atoms with van der Waals surface area (Å²) in [5, 5.41) is 10.0. The first kappa shape index (κ1) is 7.26. The van der Waals surface area contributed by atoms with Gasteiger partial charge in [-0.1, -0.05) is 0 Å². The average Bonchev–Trinajstić information content (AvgIpc) is 2.39. The maximum atomic E-state index is 10.4. The van der Waals surface area contributed by atoms with Crippen LogP contribution in [0.5, 0.6) is 0 Å². The normalized spacial score (nSPS) is 9.09. The second-order valence-corrected chi connectivity index (χ2v) is 1.60. The molecule has 6 heteroatoms. The van der Waals surface area contributed by atoms with Crippen LogP contribution in [0.2, 0.25) is 0 Å². The van der Waals surface area contributed by atoms with E-state index in [-0.39, 0.29) is 6.01 Å². The summed E-state index contributed by atoms with van der Waals surface area (Å²) in [4.78, 5) is 23.8. The fraction of sp³-hybridized carbons (Fsp3) is 0. The van der Waals surface area contributed by atoms with Crippen molar-refractivity contribution in [2.24, 2.45) is 0 Å². The van der Waals surface area contributed by atoms with Gasteiger partial charge in [-0.25, -0.2) is 9.78 Å².